The molecular formula is C30H37N3O5S. The van der Waals surface area contributed by atoms with Crippen LogP contribution in [0.5, 0.6) is 5.75 Å². The molecule has 0 aliphatic rings. The molecule has 1 N–H and O–H groups in total. The zero-order valence-corrected chi connectivity index (χ0v) is 24.2. The van der Waals surface area contributed by atoms with E-state index in [1.54, 1.807) is 69.5 Å². The van der Waals surface area contributed by atoms with E-state index in [4.69, 9.17) is 4.74 Å². The van der Waals surface area contributed by atoms with Crippen LogP contribution in [0.3, 0.4) is 0 Å². The largest absolute Gasteiger partial charge is 0.497 e. The van der Waals surface area contributed by atoms with E-state index in [9.17, 15) is 18.0 Å². The van der Waals surface area contributed by atoms with Crippen LogP contribution in [-0.2, 0) is 26.2 Å². The molecule has 9 heteroatoms. The molecular weight excluding hydrogens is 514 g/mol. The Labute approximate surface area is 231 Å². The Bertz CT molecular complexity index is 1400. The molecule has 2 amide bonds. The first-order valence-electron chi connectivity index (χ1n) is 12.8. The van der Waals surface area contributed by atoms with Crippen LogP contribution in [-0.4, -0.2) is 50.9 Å². The van der Waals surface area contributed by atoms with Crippen molar-refractivity contribution in [3.05, 3.63) is 89.5 Å². The van der Waals surface area contributed by atoms with Crippen LogP contribution in [0.1, 0.15) is 37.5 Å². The standard InChI is InChI=1S/C30H37N3O5S/c1-21(2)31-30(35)24(5)32(19-25-11-9-12-26(18-25)38-6)29(34)20-33(28-13-8-7-10-23(28)4)39(36,37)27-16-14-22(3)15-17-27/h7-18,21,24H,19-20H2,1-6H3,(H,31,35)/t24-/m1/s1. The quantitative estimate of drug-likeness (QED) is 0.380. The molecule has 0 bridgehead atoms. The predicted molar refractivity (Wildman–Crippen MR) is 153 cm³/mol. The molecule has 1 atom stereocenters. The highest BCUT2D eigenvalue weighted by molar-refractivity contribution is 7.92. The monoisotopic (exact) mass is 551 g/mol. The molecule has 3 aromatic rings. The van der Waals surface area contributed by atoms with Gasteiger partial charge < -0.3 is 15.0 Å². The SMILES string of the molecule is COc1cccc(CN(C(=O)CN(c2ccccc2C)S(=O)(=O)c2ccc(C)cc2)[C@H](C)C(=O)NC(C)C)c1. The lowest BCUT2D eigenvalue weighted by atomic mass is 10.1. The van der Waals surface area contributed by atoms with E-state index < -0.39 is 28.5 Å². The zero-order valence-electron chi connectivity index (χ0n) is 23.3. The van der Waals surface area contributed by atoms with Gasteiger partial charge in [-0.15, -0.1) is 0 Å². The van der Waals surface area contributed by atoms with Crippen LogP contribution >= 0.6 is 0 Å². The topological polar surface area (TPSA) is 96.0 Å². The van der Waals surface area contributed by atoms with E-state index in [0.29, 0.717) is 17.0 Å². The van der Waals surface area contributed by atoms with Gasteiger partial charge in [-0.05, 0) is 76.1 Å². The van der Waals surface area contributed by atoms with Gasteiger partial charge in [-0.3, -0.25) is 13.9 Å². The molecule has 3 rings (SSSR count). The molecule has 8 nitrogen and oxygen atoms in total. The number of rotatable bonds is 11. The molecule has 0 aromatic heterocycles. The lowest BCUT2D eigenvalue weighted by Crippen LogP contribution is -2.52. The summed E-state index contributed by atoms with van der Waals surface area (Å²) in [6.07, 6.45) is 0. The van der Waals surface area contributed by atoms with Crippen molar-refractivity contribution in [2.24, 2.45) is 0 Å². The summed E-state index contributed by atoms with van der Waals surface area (Å²) in [6.45, 7) is 8.60. The number of methoxy groups -OCH3 is 1. The molecule has 39 heavy (non-hydrogen) atoms. The number of benzene rings is 3. The number of ether oxygens (including phenoxy) is 1. The Hall–Kier alpha value is -3.85. The van der Waals surface area contributed by atoms with Crippen molar-refractivity contribution in [3.63, 3.8) is 0 Å². The van der Waals surface area contributed by atoms with Gasteiger partial charge in [-0.1, -0.05) is 48.0 Å². The highest BCUT2D eigenvalue weighted by Crippen LogP contribution is 2.27. The summed E-state index contributed by atoms with van der Waals surface area (Å²) in [5.41, 5.74) is 2.76. The zero-order chi connectivity index (χ0) is 28.7. The Kier molecular flexibility index (Phi) is 9.75. The van der Waals surface area contributed by atoms with E-state index in [1.165, 1.54) is 17.0 Å². The highest BCUT2D eigenvalue weighted by Gasteiger charge is 2.33. The van der Waals surface area contributed by atoms with Crippen LogP contribution in [0.2, 0.25) is 0 Å². The molecule has 0 unspecified atom stereocenters. The van der Waals surface area contributed by atoms with Crippen LogP contribution in [0, 0.1) is 13.8 Å². The number of nitrogens with zero attached hydrogens (tertiary/aromatic N) is 2. The van der Waals surface area contributed by atoms with E-state index in [2.05, 4.69) is 5.32 Å². The third-order valence-corrected chi connectivity index (χ3v) is 8.13. The van der Waals surface area contributed by atoms with Gasteiger partial charge in [0, 0.05) is 12.6 Å². The van der Waals surface area contributed by atoms with Gasteiger partial charge in [-0.2, -0.15) is 0 Å². The molecule has 0 heterocycles. The Morgan fingerprint density at radius 1 is 0.923 bits per heavy atom. The van der Waals surface area contributed by atoms with Crippen LogP contribution in [0.4, 0.5) is 5.69 Å². The average Bonchev–Trinajstić information content (AvgIpc) is 2.90. The number of hydrogen-bond donors (Lipinski definition) is 1. The Morgan fingerprint density at radius 3 is 2.21 bits per heavy atom. The minimum atomic E-state index is -4.11. The first-order chi connectivity index (χ1) is 18.4. The van der Waals surface area contributed by atoms with Crippen molar-refractivity contribution >= 4 is 27.5 Å². The fourth-order valence-corrected chi connectivity index (χ4v) is 5.63. The Balaban J connectivity index is 2.05. The van der Waals surface area contributed by atoms with Gasteiger partial charge >= 0.3 is 0 Å². The van der Waals surface area contributed by atoms with Crippen molar-refractivity contribution < 1.29 is 22.7 Å². The van der Waals surface area contributed by atoms with Gasteiger partial charge in [-0.25, -0.2) is 8.42 Å². The number of hydrogen-bond acceptors (Lipinski definition) is 5. The van der Waals surface area contributed by atoms with Crippen molar-refractivity contribution in [1.29, 1.82) is 0 Å². The van der Waals surface area contributed by atoms with Gasteiger partial charge in [0.1, 0.15) is 18.3 Å². The third kappa shape index (κ3) is 7.38. The number of sulfonamides is 1. The van der Waals surface area contributed by atoms with Crippen molar-refractivity contribution in [1.82, 2.24) is 10.2 Å². The molecule has 0 spiro atoms. The molecule has 0 radical (unpaired) electrons. The molecule has 0 aliphatic heterocycles. The second-order valence-electron chi connectivity index (χ2n) is 9.82. The number of aryl methyl sites for hydroxylation is 2. The van der Waals surface area contributed by atoms with Gasteiger partial charge in [0.05, 0.1) is 17.7 Å². The fraction of sp³-hybridized carbons (Fsp3) is 0.333. The summed E-state index contributed by atoms with van der Waals surface area (Å²) in [5, 5.41) is 2.85. The summed E-state index contributed by atoms with van der Waals surface area (Å²) < 4.78 is 34.3. The molecule has 0 fully saturated rings. The second-order valence-corrected chi connectivity index (χ2v) is 11.7. The lowest BCUT2D eigenvalue weighted by Gasteiger charge is -2.32. The fourth-order valence-electron chi connectivity index (χ4n) is 4.15. The van der Waals surface area contributed by atoms with Crippen LogP contribution < -0.4 is 14.4 Å². The number of anilines is 1. The summed E-state index contributed by atoms with van der Waals surface area (Å²) in [5.74, 6) is -0.226. The first kappa shape index (κ1) is 29.7. The van der Waals surface area contributed by atoms with Gasteiger partial charge in [0.15, 0.2) is 0 Å². The predicted octanol–water partition coefficient (Wildman–Crippen LogP) is 4.45. The van der Waals surface area contributed by atoms with E-state index in [-0.39, 0.29) is 23.4 Å². The van der Waals surface area contributed by atoms with Gasteiger partial charge in [0.25, 0.3) is 10.0 Å². The van der Waals surface area contributed by atoms with Crippen molar-refractivity contribution in [3.8, 4) is 5.75 Å². The van der Waals surface area contributed by atoms with Crippen LogP contribution in [0.15, 0.2) is 77.7 Å². The maximum Gasteiger partial charge on any atom is 0.264 e. The number of nitrogens with one attached hydrogen (secondary N) is 1. The smallest absolute Gasteiger partial charge is 0.264 e. The van der Waals surface area contributed by atoms with Crippen molar-refractivity contribution in [2.45, 2.75) is 58.1 Å². The van der Waals surface area contributed by atoms with E-state index in [1.807, 2.05) is 32.9 Å². The molecule has 208 valence electrons. The van der Waals surface area contributed by atoms with Crippen molar-refractivity contribution in [2.75, 3.05) is 18.0 Å². The maximum absolute atomic E-state index is 14.0. The lowest BCUT2D eigenvalue weighted by molar-refractivity contribution is -0.139. The minimum absolute atomic E-state index is 0.0779. The van der Waals surface area contributed by atoms with Gasteiger partial charge in [0.2, 0.25) is 11.8 Å². The molecule has 0 saturated heterocycles. The Morgan fingerprint density at radius 2 is 1.59 bits per heavy atom. The average molecular weight is 552 g/mol. The number of amides is 2. The molecule has 0 aliphatic carbocycles. The normalized spacial score (nSPS) is 12.1. The number of carbonyl (C=O) groups is 2. The van der Waals surface area contributed by atoms with E-state index >= 15 is 0 Å². The molecule has 3 aromatic carbocycles. The summed E-state index contributed by atoms with van der Waals surface area (Å²) in [4.78, 5) is 28.5. The maximum atomic E-state index is 14.0. The van der Waals surface area contributed by atoms with E-state index in [0.717, 1.165) is 15.4 Å². The minimum Gasteiger partial charge on any atom is -0.497 e. The first-order valence-corrected chi connectivity index (χ1v) is 14.3. The summed E-state index contributed by atoms with van der Waals surface area (Å²) in [6, 6.07) is 19.8. The summed E-state index contributed by atoms with van der Waals surface area (Å²) >= 11 is 0. The number of carbonyl (C=O) groups excluding carboxylic acids is 2. The summed E-state index contributed by atoms with van der Waals surface area (Å²) in [7, 11) is -2.55. The van der Waals surface area contributed by atoms with Crippen LogP contribution in [0.25, 0.3) is 0 Å². The molecule has 0 saturated carbocycles. The second kappa shape index (κ2) is 12.8. The third-order valence-electron chi connectivity index (χ3n) is 6.36. The highest BCUT2D eigenvalue weighted by atomic mass is 32.2. The number of para-hydroxylation sites is 1.